The van der Waals surface area contributed by atoms with Crippen LogP contribution in [0.4, 0.5) is 0 Å². The number of carbonyl (C=O) groups excluding carboxylic acids is 1. The minimum absolute atomic E-state index is 0.135. The van der Waals surface area contributed by atoms with Crippen LogP contribution in [0.3, 0.4) is 0 Å². The molecule has 3 unspecified atom stereocenters. The molecule has 16 heavy (non-hydrogen) atoms. The number of carbonyl (C=O) groups is 1. The summed E-state index contributed by atoms with van der Waals surface area (Å²) in [6, 6.07) is 0.135. The summed E-state index contributed by atoms with van der Waals surface area (Å²) in [7, 11) is 1.98. The molecular weight excluding hydrogens is 200 g/mol. The molecule has 1 heterocycles. The zero-order chi connectivity index (χ0) is 11.1. The summed E-state index contributed by atoms with van der Waals surface area (Å²) >= 11 is 0. The molecule has 1 saturated heterocycles. The summed E-state index contributed by atoms with van der Waals surface area (Å²) < 4.78 is 0. The fourth-order valence-corrected chi connectivity index (χ4v) is 3.47. The summed E-state index contributed by atoms with van der Waals surface area (Å²) in [6.07, 6.45) is 6.55. The predicted octanol–water partition coefficient (Wildman–Crippen LogP) is 1.24. The van der Waals surface area contributed by atoms with Gasteiger partial charge in [0, 0.05) is 13.6 Å². The molecule has 3 fully saturated rings. The molecule has 3 rings (SSSR count). The quantitative estimate of drug-likeness (QED) is 0.779. The third kappa shape index (κ3) is 1.86. The van der Waals surface area contributed by atoms with Crippen molar-refractivity contribution in [3.63, 3.8) is 0 Å². The van der Waals surface area contributed by atoms with E-state index in [1.807, 2.05) is 11.9 Å². The van der Waals surface area contributed by atoms with E-state index in [4.69, 9.17) is 0 Å². The van der Waals surface area contributed by atoms with Crippen molar-refractivity contribution in [3.05, 3.63) is 0 Å². The molecular formula is C13H22N2O. The Balaban J connectivity index is 1.60. The SMILES string of the molecule is CN(CC1CC1)C(=O)C1NCC2CCCC21. The molecule has 0 aromatic heterocycles. The van der Waals surface area contributed by atoms with Gasteiger partial charge < -0.3 is 10.2 Å². The highest BCUT2D eigenvalue weighted by Gasteiger charge is 2.43. The van der Waals surface area contributed by atoms with Gasteiger partial charge in [-0.15, -0.1) is 0 Å². The lowest BCUT2D eigenvalue weighted by atomic mass is 9.93. The summed E-state index contributed by atoms with van der Waals surface area (Å²) in [5, 5.41) is 3.44. The van der Waals surface area contributed by atoms with E-state index in [0.29, 0.717) is 11.8 Å². The fourth-order valence-electron chi connectivity index (χ4n) is 3.47. The zero-order valence-electron chi connectivity index (χ0n) is 10.1. The molecule has 3 heteroatoms. The molecule has 2 saturated carbocycles. The Morgan fingerprint density at radius 3 is 2.88 bits per heavy atom. The zero-order valence-corrected chi connectivity index (χ0v) is 10.1. The first-order valence-electron chi connectivity index (χ1n) is 6.74. The van der Waals surface area contributed by atoms with Gasteiger partial charge >= 0.3 is 0 Å². The predicted molar refractivity (Wildman–Crippen MR) is 63.0 cm³/mol. The molecule has 3 nitrogen and oxygen atoms in total. The summed E-state index contributed by atoms with van der Waals surface area (Å²) in [4.78, 5) is 14.3. The Hall–Kier alpha value is -0.570. The molecule has 2 aliphatic carbocycles. The van der Waals surface area contributed by atoms with E-state index in [1.165, 1.54) is 32.1 Å². The van der Waals surface area contributed by atoms with Crippen molar-refractivity contribution in [2.75, 3.05) is 20.1 Å². The van der Waals surface area contributed by atoms with Gasteiger partial charge in [0.25, 0.3) is 0 Å². The molecule has 0 bridgehead atoms. The maximum Gasteiger partial charge on any atom is 0.239 e. The highest BCUT2D eigenvalue weighted by molar-refractivity contribution is 5.82. The monoisotopic (exact) mass is 222 g/mol. The van der Waals surface area contributed by atoms with Crippen molar-refractivity contribution < 1.29 is 4.79 Å². The van der Waals surface area contributed by atoms with Crippen molar-refractivity contribution in [1.82, 2.24) is 10.2 Å². The van der Waals surface area contributed by atoms with Crippen LogP contribution in [0.5, 0.6) is 0 Å². The van der Waals surface area contributed by atoms with Crippen molar-refractivity contribution in [2.24, 2.45) is 17.8 Å². The van der Waals surface area contributed by atoms with Gasteiger partial charge in [0.2, 0.25) is 5.91 Å². The van der Waals surface area contributed by atoms with E-state index in [-0.39, 0.29) is 6.04 Å². The number of likely N-dealkylation sites (N-methyl/N-ethyl adjacent to an activating group) is 1. The smallest absolute Gasteiger partial charge is 0.239 e. The third-order valence-electron chi connectivity index (χ3n) is 4.62. The molecule has 90 valence electrons. The number of fused-ring (bicyclic) bond motifs is 1. The van der Waals surface area contributed by atoms with Crippen LogP contribution in [0.15, 0.2) is 0 Å². The fraction of sp³-hybridized carbons (Fsp3) is 0.923. The van der Waals surface area contributed by atoms with E-state index in [9.17, 15) is 4.79 Å². The number of amides is 1. The van der Waals surface area contributed by atoms with Gasteiger partial charge in [-0.25, -0.2) is 0 Å². The molecule has 0 aromatic carbocycles. The van der Waals surface area contributed by atoms with Crippen LogP contribution in [-0.2, 0) is 4.79 Å². The Labute approximate surface area is 97.6 Å². The van der Waals surface area contributed by atoms with Crippen LogP contribution in [0.25, 0.3) is 0 Å². The number of nitrogens with zero attached hydrogens (tertiary/aromatic N) is 1. The number of nitrogens with one attached hydrogen (secondary N) is 1. The van der Waals surface area contributed by atoms with Gasteiger partial charge in [-0.3, -0.25) is 4.79 Å². The van der Waals surface area contributed by atoms with Gasteiger partial charge in [0.1, 0.15) is 0 Å². The molecule has 1 N–H and O–H groups in total. The first-order valence-corrected chi connectivity index (χ1v) is 6.74. The lowest BCUT2D eigenvalue weighted by Gasteiger charge is -2.24. The highest BCUT2D eigenvalue weighted by atomic mass is 16.2. The lowest BCUT2D eigenvalue weighted by molar-refractivity contribution is -0.133. The molecule has 0 radical (unpaired) electrons. The second kappa shape index (κ2) is 4.02. The number of rotatable bonds is 3. The summed E-state index contributed by atoms with van der Waals surface area (Å²) in [5.41, 5.74) is 0. The van der Waals surface area contributed by atoms with E-state index >= 15 is 0 Å². The Bertz CT molecular complexity index is 288. The third-order valence-corrected chi connectivity index (χ3v) is 4.62. The van der Waals surface area contributed by atoms with Crippen molar-refractivity contribution in [1.29, 1.82) is 0 Å². The summed E-state index contributed by atoms with van der Waals surface area (Å²) in [6.45, 7) is 2.05. The minimum Gasteiger partial charge on any atom is -0.344 e. The van der Waals surface area contributed by atoms with Crippen LogP contribution < -0.4 is 5.32 Å². The van der Waals surface area contributed by atoms with Crippen LogP contribution in [0.1, 0.15) is 32.1 Å². The van der Waals surface area contributed by atoms with E-state index in [2.05, 4.69) is 5.32 Å². The normalized spacial score (nSPS) is 37.4. The largest absolute Gasteiger partial charge is 0.344 e. The average molecular weight is 222 g/mol. The van der Waals surface area contributed by atoms with Crippen LogP contribution >= 0.6 is 0 Å². The van der Waals surface area contributed by atoms with Crippen molar-refractivity contribution in [2.45, 2.75) is 38.1 Å². The van der Waals surface area contributed by atoms with Crippen LogP contribution in [0.2, 0.25) is 0 Å². The number of hydrogen-bond donors (Lipinski definition) is 1. The second-order valence-corrected chi connectivity index (χ2v) is 5.90. The summed E-state index contributed by atoms with van der Waals surface area (Å²) in [5.74, 6) is 2.56. The van der Waals surface area contributed by atoms with Crippen LogP contribution in [-0.4, -0.2) is 37.0 Å². The molecule has 0 aromatic rings. The standard InChI is InChI=1S/C13H22N2O/c1-15(8-9-5-6-9)13(16)12-11-4-2-3-10(11)7-14-12/h9-12,14H,2-8H2,1H3. The van der Waals surface area contributed by atoms with Crippen LogP contribution in [0, 0.1) is 17.8 Å². The van der Waals surface area contributed by atoms with Gasteiger partial charge in [-0.2, -0.15) is 0 Å². The van der Waals surface area contributed by atoms with Crippen molar-refractivity contribution in [3.8, 4) is 0 Å². The first kappa shape index (κ1) is 10.6. The highest BCUT2D eigenvalue weighted by Crippen LogP contribution is 2.38. The van der Waals surface area contributed by atoms with E-state index in [0.717, 1.165) is 24.9 Å². The van der Waals surface area contributed by atoms with Gasteiger partial charge in [0.15, 0.2) is 0 Å². The number of hydrogen-bond acceptors (Lipinski definition) is 2. The first-order chi connectivity index (χ1) is 7.75. The van der Waals surface area contributed by atoms with Gasteiger partial charge in [0.05, 0.1) is 6.04 Å². The van der Waals surface area contributed by atoms with Gasteiger partial charge in [-0.05, 0) is 50.0 Å². The average Bonchev–Trinajstić information content (AvgIpc) is 2.80. The topological polar surface area (TPSA) is 32.3 Å². The van der Waals surface area contributed by atoms with Gasteiger partial charge in [-0.1, -0.05) is 6.42 Å². The Kier molecular flexibility index (Phi) is 2.66. The molecule has 1 amide bonds. The molecule has 1 aliphatic heterocycles. The molecule has 3 aliphatic rings. The molecule has 0 spiro atoms. The lowest BCUT2D eigenvalue weighted by Crippen LogP contribution is -2.45. The Morgan fingerprint density at radius 1 is 1.31 bits per heavy atom. The maximum atomic E-state index is 12.3. The second-order valence-electron chi connectivity index (χ2n) is 5.90. The molecule has 3 atom stereocenters. The Morgan fingerprint density at radius 2 is 2.12 bits per heavy atom. The maximum absolute atomic E-state index is 12.3. The van der Waals surface area contributed by atoms with E-state index in [1.54, 1.807) is 0 Å². The minimum atomic E-state index is 0.135. The van der Waals surface area contributed by atoms with E-state index < -0.39 is 0 Å². The van der Waals surface area contributed by atoms with Crippen molar-refractivity contribution >= 4 is 5.91 Å².